The van der Waals surface area contributed by atoms with Gasteiger partial charge in [-0.15, -0.1) is 13.2 Å². The minimum absolute atomic E-state index is 0.0208. The third-order valence-electron chi connectivity index (χ3n) is 4.85. The van der Waals surface area contributed by atoms with Crippen LogP contribution in [0.5, 0.6) is 5.75 Å². The molecule has 6 heteroatoms. The first kappa shape index (κ1) is 19.4. The van der Waals surface area contributed by atoms with Gasteiger partial charge in [-0.1, -0.05) is 48.5 Å². The molecular weight excluding hydrogens is 355 g/mol. The molecule has 0 amide bonds. The number of halogens is 3. The molecule has 3 nitrogen and oxygen atoms in total. The summed E-state index contributed by atoms with van der Waals surface area (Å²) in [6, 6.07) is 16.0. The lowest BCUT2D eigenvalue weighted by molar-refractivity contribution is -0.274. The van der Waals surface area contributed by atoms with E-state index in [2.05, 4.69) is 21.8 Å². The largest absolute Gasteiger partial charge is 0.573 e. The molecule has 1 saturated heterocycles. The Hall–Kier alpha value is -2.34. The standard InChI is InChI=1S/C21H22F3NO2/c22-21(23,24)27-20-9-5-4-8-18(20)14-19(26)17-10-12-25(13-11-17)15-16-6-2-1-3-7-16/h1-9,17H,10-15H2. The van der Waals surface area contributed by atoms with Crippen LogP contribution in [0, 0.1) is 5.92 Å². The molecule has 0 saturated carbocycles. The number of ether oxygens (including phenoxy) is 1. The lowest BCUT2D eigenvalue weighted by Gasteiger charge is -2.31. The van der Waals surface area contributed by atoms with Gasteiger partial charge in [0, 0.05) is 24.4 Å². The Kier molecular flexibility index (Phi) is 6.16. The van der Waals surface area contributed by atoms with Crippen LogP contribution in [0.3, 0.4) is 0 Å². The third kappa shape index (κ3) is 5.82. The highest BCUT2D eigenvalue weighted by molar-refractivity contribution is 5.84. The van der Waals surface area contributed by atoms with Crippen LogP contribution in [0.15, 0.2) is 54.6 Å². The Morgan fingerprint density at radius 3 is 2.30 bits per heavy atom. The van der Waals surface area contributed by atoms with Gasteiger partial charge in [0.2, 0.25) is 0 Å². The molecule has 1 aliphatic heterocycles. The van der Waals surface area contributed by atoms with E-state index in [1.54, 1.807) is 6.07 Å². The summed E-state index contributed by atoms with van der Waals surface area (Å²) >= 11 is 0. The molecule has 0 atom stereocenters. The Morgan fingerprint density at radius 1 is 1.00 bits per heavy atom. The molecule has 2 aromatic rings. The maximum absolute atomic E-state index is 12.6. The van der Waals surface area contributed by atoms with E-state index < -0.39 is 6.36 Å². The van der Waals surface area contributed by atoms with Gasteiger partial charge in [-0.05, 0) is 37.6 Å². The number of carbonyl (C=O) groups is 1. The first-order valence-corrected chi connectivity index (χ1v) is 9.03. The number of Topliss-reactive ketones (excluding diaryl/α,β-unsaturated/α-hetero) is 1. The number of alkyl halides is 3. The maximum atomic E-state index is 12.6. The second-order valence-electron chi connectivity index (χ2n) is 6.83. The molecule has 144 valence electrons. The Labute approximate surface area is 156 Å². The number of likely N-dealkylation sites (tertiary alicyclic amines) is 1. The van der Waals surface area contributed by atoms with Gasteiger partial charge in [-0.3, -0.25) is 9.69 Å². The second kappa shape index (κ2) is 8.57. The molecule has 0 aliphatic carbocycles. The van der Waals surface area contributed by atoms with Gasteiger partial charge in [0.1, 0.15) is 11.5 Å². The summed E-state index contributed by atoms with van der Waals surface area (Å²) in [4.78, 5) is 14.9. The molecule has 3 rings (SSSR count). The maximum Gasteiger partial charge on any atom is 0.573 e. The number of nitrogens with zero attached hydrogens (tertiary/aromatic N) is 1. The average molecular weight is 377 g/mol. The van der Waals surface area contributed by atoms with Crippen molar-refractivity contribution < 1.29 is 22.7 Å². The number of carbonyl (C=O) groups excluding carboxylic acids is 1. The normalized spacial score (nSPS) is 16.3. The lowest BCUT2D eigenvalue weighted by atomic mass is 9.89. The van der Waals surface area contributed by atoms with E-state index in [9.17, 15) is 18.0 Å². The SMILES string of the molecule is O=C(Cc1ccccc1OC(F)(F)F)C1CCN(Cc2ccccc2)CC1. The van der Waals surface area contributed by atoms with Crippen LogP contribution in [0.1, 0.15) is 24.0 Å². The van der Waals surface area contributed by atoms with Gasteiger partial charge >= 0.3 is 6.36 Å². The first-order chi connectivity index (χ1) is 12.9. The number of hydrogen-bond acceptors (Lipinski definition) is 3. The van der Waals surface area contributed by atoms with Gasteiger partial charge in [-0.25, -0.2) is 0 Å². The number of para-hydroxylation sites is 1. The van der Waals surface area contributed by atoms with E-state index >= 15 is 0 Å². The van der Waals surface area contributed by atoms with Crippen molar-refractivity contribution in [2.75, 3.05) is 13.1 Å². The van der Waals surface area contributed by atoms with Crippen molar-refractivity contribution in [3.63, 3.8) is 0 Å². The smallest absolute Gasteiger partial charge is 0.405 e. The molecule has 2 aromatic carbocycles. The van der Waals surface area contributed by atoms with E-state index in [0.717, 1.165) is 32.5 Å². The number of piperidine rings is 1. The highest BCUT2D eigenvalue weighted by atomic mass is 19.4. The van der Waals surface area contributed by atoms with Gasteiger partial charge in [0.25, 0.3) is 0 Å². The zero-order valence-electron chi connectivity index (χ0n) is 14.9. The minimum Gasteiger partial charge on any atom is -0.405 e. The van der Waals surface area contributed by atoms with E-state index in [-0.39, 0.29) is 29.4 Å². The molecule has 0 radical (unpaired) electrons. The number of benzene rings is 2. The number of rotatable bonds is 6. The molecule has 1 fully saturated rings. The van der Waals surface area contributed by atoms with E-state index in [1.807, 2.05) is 18.2 Å². The molecular formula is C21H22F3NO2. The summed E-state index contributed by atoms with van der Waals surface area (Å²) in [6.07, 6.45) is -3.33. The van der Waals surface area contributed by atoms with Crippen molar-refractivity contribution in [3.8, 4) is 5.75 Å². The van der Waals surface area contributed by atoms with Crippen molar-refractivity contribution in [1.29, 1.82) is 0 Å². The summed E-state index contributed by atoms with van der Waals surface area (Å²) in [5.41, 5.74) is 1.52. The fraction of sp³-hybridized carbons (Fsp3) is 0.381. The summed E-state index contributed by atoms with van der Waals surface area (Å²) < 4.78 is 41.6. The van der Waals surface area contributed by atoms with Crippen molar-refractivity contribution >= 4 is 5.78 Å². The Bertz CT molecular complexity index is 754. The molecule has 0 unspecified atom stereocenters. The van der Waals surface area contributed by atoms with Gasteiger partial charge < -0.3 is 4.74 Å². The van der Waals surface area contributed by atoms with Crippen LogP contribution in [0.4, 0.5) is 13.2 Å². The third-order valence-corrected chi connectivity index (χ3v) is 4.85. The molecule has 0 spiro atoms. The van der Waals surface area contributed by atoms with Crippen LogP contribution in [-0.2, 0) is 17.8 Å². The van der Waals surface area contributed by atoms with Crippen LogP contribution in [0.2, 0.25) is 0 Å². The second-order valence-corrected chi connectivity index (χ2v) is 6.83. The van der Waals surface area contributed by atoms with Crippen LogP contribution in [0.25, 0.3) is 0 Å². The van der Waals surface area contributed by atoms with Gasteiger partial charge in [-0.2, -0.15) is 0 Å². The number of ketones is 1. The minimum atomic E-state index is -4.76. The highest BCUT2D eigenvalue weighted by Gasteiger charge is 2.32. The summed E-state index contributed by atoms with van der Waals surface area (Å²) in [5.74, 6) is -0.427. The van der Waals surface area contributed by atoms with Crippen molar-refractivity contribution in [1.82, 2.24) is 4.90 Å². The summed E-state index contributed by atoms with van der Waals surface area (Å²) in [6.45, 7) is 2.47. The molecule has 27 heavy (non-hydrogen) atoms. The number of hydrogen-bond donors (Lipinski definition) is 0. The molecule has 0 aromatic heterocycles. The Balaban J connectivity index is 1.54. The van der Waals surface area contributed by atoms with E-state index in [1.165, 1.54) is 23.8 Å². The van der Waals surface area contributed by atoms with E-state index in [4.69, 9.17) is 0 Å². The molecule has 0 bridgehead atoms. The quantitative estimate of drug-likeness (QED) is 0.736. The average Bonchev–Trinajstić information content (AvgIpc) is 2.63. The van der Waals surface area contributed by atoms with Crippen molar-refractivity contribution in [2.45, 2.75) is 32.2 Å². The van der Waals surface area contributed by atoms with E-state index in [0.29, 0.717) is 0 Å². The van der Waals surface area contributed by atoms with Crippen LogP contribution < -0.4 is 4.74 Å². The zero-order chi connectivity index (χ0) is 19.3. The highest BCUT2D eigenvalue weighted by Crippen LogP contribution is 2.28. The molecule has 1 aliphatic rings. The summed E-state index contributed by atoms with van der Waals surface area (Å²) in [5, 5.41) is 0. The van der Waals surface area contributed by atoms with Crippen molar-refractivity contribution in [2.24, 2.45) is 5.92 Å². The zero-order valence-corrected chi connectivity index (χ0v) is 14.9. The lowest BCUT2D eigenvalue weighted by Crippen LogP contribution is -2.36. The topological polar surface area (TPSA) is 29.5 Å². The molecule has 1 heterocycles. The van der Waals surface area contributed by atoms with Crippen molar-refractivity contribution in [3.05, 3.63) is 65.7 Å². The fourth-order valence-electron chi connectivity index (χ4n) is 3.46. The Morgan fingerprint density at radius 2 is 1.63 bits per heavy atom. The first-order valence-electron chi connectivity index (χ1n) is 9.03. The predicted molar refractivity (Wildman–Crippen MR) is 96.3 cm³/mol. The summed E-state index contributed by atoms with van der Waals surface area (Å²) in [7, 11) is 0. The van der Waals surface area contributed by atoms with Crippen LogP contribution >= 0.6 is 0 Å². The predicted octanol–water partition coefficient (Wildman–Crippen LogP) is 4.61. The fourth-order valence-corrected chi connectivity index (χ4v) is 3.46. The van der Waals surface area contributed by atoms with Crippen LogP contribution in [-0.4, -0.2) is 30.1 Å². The monoisotopic (exact) mass is 377 g/mol. The van der Waals surface area contributed by atoms with Gasteiger partial charge in [0.05, 0.1) is 0 Å². The van der Waals surface area contributed by atoms with Gasteiger partial charge in [0.15, 0.2) is 0 Å². The molecule has 0 N–H and O–H groups in total.